The molecule has 33 heavy (non-hydrogen) atoms. The summed E-state index contributed by atoms with van der Waals surface area (Å²) in [4.78, 5) is 18.2. The van der Waals surface area contributed by atoms with Crippen LogP contribution in [0.4, 0.5) is 5.82 Å². The third-order valence-electron chi connectivity index (χ3n) is 6.61. The fourth-order valence-corrected chi connectivity index (χ4v) is 4.84. The lowest BCUT2D eigenvalue weighted by molar-refractivity contribution is -0.134. The number of piperazine rings is 1. The van der Waals surface area contributed by atoms with Crippen molar-refractivity contribution in [2.45, 2.75) is 19.3 Å². The fourth-order valence-electron chi connectivity index (χ4n) is 4.84. The summed E-state index contributed by atoms with van der Waals surface area (Å²) in [5.74, 6) is 2.32. The molecule has 5 rings (SSSR count). The number of ether oxygens (including phenoxy) is 2. The average Bonchev–Trinajstić information content (AvgIpc) is 3.49. The van der Waals surface area contributed by atoms with Crippen LogP contribution >= 0.6 is 0 Å². The monoisotopic (exact) mass is 446 g/mol. The zero-order chi connectivity index (χ0) is 22.8. The first-order chi connectivity index (χ1) is 16.2. The molecule has 7 nitrogen and oxygen atoms in total. The van der Waals surface area contributed by atoms with Gasteiger partial charge in [-0.25, -0.2) is 0 Å². The second-order valence-electron chi connectivity index (χ2n) is 8.61. The largest absolute Gasteiger partial charge is 0.458 e. The van der Waals surface area contributed by atoms with Crippen LogP contribution in [0, 0.1) is 5.92 Å². The number of aromatic amines is 1. The van der Waals surface area contributed by atoms with Gasteiger partial charge in [-0.15, -0.1) is 0 Å². The number of nitrogen functional groups attached to an aromatic ring is 1. The van der Waals surface area contributed by atoms with Crippen molar-refractivity contribution in [3.63, 3.8) is 0 Å². The maximum atomic E-state index is 13.1. The van der Waals surface area contributed by atoms with E-state index in [1.807, 2.05) is 29.3 Å². The van der Waals surface area contributed by atoms with Gasteiger partial charge in [0.2, 0.25) is 12.7 Å². The smallest absolute Gasteiger partial charge is 0.230 e. The van der Waals surface area contributed by atoms with Gasteiger partial charge >= 0.3 is 0 Å². The molecule has 1 amide bonds. The van der Waals surface area contributed by atoms with Crippen molar-refractivity contribution in [1.29, 1.82) is 0 Å². The molecule has 1 aromatic rings. The van der Waals surface area contributed by atoms with Gasteiger partial charge in [-0.2, -0.15) is 0 Å². The minimum absolute atomic E-state index is 0.160. The van der Waals surface area contributed by atoms with Crippen molar-refractivity contribution >= 4 is 23.4 Å². The molecular formula is C26H30N4O3. The lowest BCUT2D eigenvalue weighted by Crippen LogP contribution is -2.48. The molecule has 4 aliphatic rings. The van der Waals surface area contributed by atoms with Crippen LogP contribution in [0.3, 0.4) is 0 Å². The SMILES string of the molecule is C=C/C(=C\c1c(C2=CCCC3=C2OCO3)c[nH]c1N)C1=CC=CC(C(=O)N2CCNCC2)C1. The number of nitrogens with one attached hydrogen (secondary N) is 2. The second-order valence-corrected chi connectivity index (χ2v) is 8.61. The van der Waals surface area contributed by atoms with E-state index in [4.69, 9.17) is 15.2 Å². The summed E-state index contributed by atoms with van der Waals surface area (Å²) in [6.07, 6.45) is 16.4. The number of nitrogens with zero attached hydrogens (tertiary/aromatic N) is 1. The number of hydrogen-bond donors (Lipinski definition) is 3. The van der Waals surface area contributed by atoms with Crippen LogP contribution in [0.25, 0.3) is 11.6 Å². The Labute approximate surface area is 194 Å². The molecule has 3 heterocycles. The van der Waals surface area contributed by atoms with Crippen LogP contribution < -0.4 is 11.1 Å². The third-order valence-corrected chi connectivity index (χ3v) is 6.61. The van der Waals surface area contributed by atoms with Gasteiger partial charge in [-0.3, -0.25) is 4.79 Å². The minimum atomic E-state index is -0.160. The number of anilines is 1. The standard InChI is InChI=1S/C26H30N4O3/c1-2-17(18-5-3-6-19(13-18)26(31)30-11-9-28-10-12-30)14-21-22(15-29-25(21)27)20-7-4-8-23-24(20)33-16-32-23/h2-3,5-7,14-15,19,28-29H,1,4,8-13,16,27H2/b17-14+. The lowest BCUT2D eigenvalue weighted by atomic mass is 9.87. The topological polar surface area (TPSA) is 92.6 Å². The number of allylic oxidation sites excluding steroid dienone is 8. The number of hydrogen-bond acceptors (Lipinski definition) is 5. The quantitative estimate of drug-likeness (QED) is 0.602. The van der Waals surface area contributed by atoms with Crippen molar-refractivity contribution in [1.82, 2.24) is 15.2 Å². The van der Waals surface area contributed by atoms with Crippen LogP contribution in [-0.2, 0) is 14.3 Å². The van der Waals surface area contributed by atoms with E-state index in [2.05, 4.69) is 35.1 Å². The average molecular weight is 447 g/mol. The first-order valence-electron chi connectivity index (χ1n) is 11.5. The summed E-state index contributed by atoms with van der Waals surface area (Å²) in [6, 6.07) is 0. The third kappa shape index (κ3) is 4.16. The Morgan fingerprint density at radius 2 is 2.12 bits per heavy atom. The first-order valence-corrected chi connectivity index (χ1v) is 11.5. The Hall–Kier alpha value is -3.45. The van der Waals surface area contributed by atoms with Gasteiger partial charge in [-0.1, -0.05) is 37.0 Å². The fraction of sp³-hybridized carbons (Fsp3) is 0.346. The number of aromatic nitrogens is 1. The summed E-state index contributed by atoms with van der Waals surface area (Å²) < 4.78 is 11.4. The van der Waals surface area contributed by atoms with E-state index in [-0.39, 0.29) is 18.6 Å². The van der Waals surface area contributed by atoms with Gasteiger partial charge in [0.1, 0.15) is 11.6 Å². The maximum absolute atomic E-state index is 13.1. The van der Waals surface area contributed by atoms with Gasteiger partial charge in [-0.05, 0) is 30.1 Å². The Morgan fingerprint density at radius 3 is 2.94 bits per heavy atom. The van der Waals surface area contributed by atoms with E-state index in [0.717, 1.165) is 78.4 Å². The molecule has 0 spiro atoms. The van der Waals surface area contributed by atoms with E-state index in [9.17, 15) is 4.79 Å². The molecule has 2 aliphatic carbocycles. The van der Waals surface area contributed by atoms with Gasteiger partial charge < -0.3 is 30.4 Å². The molecule has 172 valence electrons. The Morgan fingerprint density at radius 1 is 1.27 bits per heavy atom. The summed E-state index contributed by atoms with van der Waals surface area (Å²) in [7, 11) is 0. The number of rotatable bonds is 5. The highest BCUT2D eigenvalue weighted by atomic mass is 16.7. The van der Waals surface area contributed by atoms with Crippen molar-refractivity contribution < 1.29 is 14.3 Å². The Balaban J connectivity index is 1.41. The zero-order valence-corrected chi connectivity index (χ0v) is 18.7. The molecule has 1 unspecified atom stereocenters. The molecule has 7 heteroatoms. The molecule has 4 N–H and O–H groups in total. The molecule has 2 aliphatic heterocycles. The molecule has 0 bridgehead atoms. The molecule has 0 radical (unpaired) electrons. The zero-order valence-electron chi connectivity index (χ0n) is 18.7. The predicted molar refractivity (Wildman–Crippen MR) is 129 cm³/mol. The number of carbonyl (C=O) groups excluding carboxylic acids is 1. The molecule has 0 aromatic carbocycles. The van der Waals surface area contributed by atoms with E-state index in [0.29, 0.717) is 12.2 Å². The molecular weight excluding hydrogens is 416 g/mol. The number of nitrogens with two attached hydrogens (primary N) is 1. The molecule has 1 aromatic heterocycles. The van der Waals surface area contributed by atoms with Crippen molar-refractivity contribution in [3.8, 4) is 0 Å². The summed E-state index contributed by atoms with van der Waals surface area (Å²) in [5.41, 5.74) is 11.2. The van der Waals surface area contributed by atoms with E-state index >= 15 is 0 Å². The molecule has 1 saturated heterocycles. The highest BCUT2D eigenvalue weighted by molar-refractivity contribution is 5.88. The van der Waals surface area contributed by atoms with Gasteiger partial charge in [0.25, 0.3) is 0 Å². The van der Waals surface area contributed by atoms with Crippen molar-refractivity contribution in [2.75, 3.05) is 38.7 Å². The summed E-state index contributed by atoms with van der Waals surface area (Å²) in [6.45, 7) is 7.51. The van der Waals surface area contributed by atoms with E-state index < -0.39 is 0 Å². The highest BCUT2D eigenvalue weighted by Gasteiger charge is 2.29. The van der Waals surface area contributed by atoms with E-state index in [1.54, 1.807) is 0 Å². The van der Waals surface area contributed by atoms with Crippen LogP contribution in [0.2, 0.25) is 0 Å². The number of H-pyrrole nitrogens is 1. The van der Waals surface area contributed by atoms with Crippen molar-refractivity contribution in [3.05, 3.63) is 76.9 Å². The first kappa shape index (κ1) is 21.4. The molecule has 0 saturated carbocycles. The summed E-state index contributed by atoms with van der Waals surface area (Å²) in [5, 5.41) is 3.30. The van der Waals surface area contributed by atoms with Gasteiger partial charge in [0, 0.05) is 55.5 Å². The van der Waals surface area contributed by atoms with Crippen LogP contribution in [0.1, 0.15) is 30.4 Å². The number of carbonyl (C=O) groups is 1. The minimum Gasteiger partial charge on any atom is -0.458 e. The normalized spacial score (nSPS) is 22.8. The number of amides is 1. The lowest BCUT2D eigenvalue weighted by Gasteiger charge is -2.31. The predicted octanol–water partition coefficient (Wildman–Crippen LogP) is 3.49. The molecule has 1 fully saturated rings. The molecule has 1 atom stereocenters. The second kappa shape index (κ2) is 9.19. The Bertz CT molecular complexity index is 1110. The van der Waals surface area contributed by atoms with Crippen LogP contribution in [0.5, 0.6) is 0 Å². The van der Waals surface area contributed by atoms with Crippen molar-refractivity contribution in [2.24, 2.45) is 5.92 Å². The van der Waals surface area contributed by atoms with Crippen LogP contribution in [0.15, 0.2) is 65.8 Å². The highest BCUT2D eigenvalue weighted by Crippen LogP contribution is 2.40. The van der Waals surface area contributed by atoms with Gasteiger partial charge in [0.05, 0.1) is 5.92 Å². The summed E-state index contributed by atoms with van der Waals surface area (Å²) >= 11 is 0. The van der Waals surface area contributed by atoms with Crippen LogP contribution in [-0.4, -0.2) is 48.8 Å². The Kier molecular flexibility index (Phi) is 5.96. The van der Waals surface area contributed by atoms with Gasteiger partial charge in [0.15, 0.2) is 5.76 Å². The van der Waals surface area contributed by atoms with E-state index in [1.165, 1.54) is 0 Å². The maximum Gasteiger partial charge on any atom is 0.230 e.